The summed E-state index contributed by atoms with van der Waals surface area (Å²) in [7, 11) is 0. The zero-order valence-electron chi connectivity index (χ0n) is 9.94. The molecule has 1 fully saturated rings. The van der Waals surface area contributed by atoms with E-state index in [2.05, 4.69) is 25.4 Å². The fraction of sp³-hybridized carbons (Fsp3) is 1.00. The van der Waals surface area contributed by atoms with E-state index in [9.17, 15) is 0 Å². The van der Waals surface area contributed by atoms with Crippen LogP contribution in [-0.2, 0) is 0 Å². The summed E-state index contributed by atoms with van der Waals surface area (Å²) in [5.41, 5.74) is 0.542. The fourth-order valence-electron chi connectivity index (χ4n) is 1.93. The van der Waals surface area contributed by atoms with E-state index in [-0.39, 0.29) is 0 Å². The maximum atomic E-state index is 3.68. The minimum Gasteiger partial charge on any atom is -0.313 e. The molecule has 1 aliphatic carbocycles. The molecular formula is C12H25NS. The SMILES string of the molecule is CCCC(C)(CCSC)CNC1CC1. The molecule has 0 heterocycles. The van der Waals surface area contributed by atoms with Gasteiger partial charge in [0.25, 0.3) is 0 Å². The summed E-state index contributed by atoms with van der Waals surface area (Å²) in [6.45, 7) is 5.97. The lowest BCUT2D eigenvalue weighted by atomic mass is 9.83. The van der Waals surface area contributed by atoms with E-state index in [1.807, 2.05) is 11.8 Å². The van der Waals surface area contributed by atoms with E-state index in [0.29, 0.717) is 5.41 Å². The first-order chi connectivity index (χ1) is 6.70. The van der Waals surface area contributed by atoms with Gasteiger partial charge in [0.15, 0.2) is 0 Å². The molecule has 14 heavy (non-hydrogen) atoms. The number of hydrogen-bond acceptors (Lipinski definition) is 2. The van der Waals surface area contributed by atoms with Gasteiger partial charge in [-0.05, 0) is 43.1 Å². The van der Waals surface area contributed by atoms with Crippen LogP contribution in [-0.4, -0.2) is 24.6 Å². The third-order valence-corrected chi connectivity index (χ3v) is 3.77. The van der Waals surface area contributed by atoms with Gasteiger partial charge in [0.05, 0.1) is 0 Å². The van der Waals surface area contributed by atoms with E-state index in [1.54, 1.807) is 0 Å². The highest BCUT2D eigenvalue weighted by molar-refractivity contribution is 7.98. The van der Waals surface area contributed by atoms with Crippen molar-refractivity contribution >= 4 is 11.8 Å². The first-order valence-corrected chi connectivity index (χ1v) is 7.32. The van der Waals surface area contributed by atoms with E-state index < -0.39 is 0 Å². The molecule has 1 aliphatic rings. The lowest BCUT2D eigenvalue weighted by Crippen LogP contribution is -2.33. The standard InChI is InChI=1S/C12H25NS/c1-4-7-12(2,8-9-14-3)10-13-11-5-6-11/h11,13H,4-10H2,1-3H3. The van der Waals surface area contributed by atoms with Crippen LogP contribution in [0.1, 0.15) is 46.0 Å². The molecule has 0 aromatic carbocycles. The summed E-state index contributed by atoms with van der Waals surface area (Å²) in [5, 5.41) is 3.68. The van der Waals surface area contributed by atoms with Crippen LogP contribution in [0.2, 0.25) is 0 Å². The van der Waals surface area contributed by atoms with Crippen LogP contribution in [0.5, 0.6) is 0 Å². The van der Waals surface area contributed by atoms with Gasteiger partial charge in [0.2, 0.25) is 0 Å². The summed E-state index contributed by atoms with van der Waals surface area (Å²) in [6.07, 6.45) is 9.07. The second-order valence-electron chi connectivity index (χ2n) is 4.96. The normalized spacial score (nSPS) is 20.8. The third-order valence-electron chi connectivity index (χ3n) is 3.16. The molecule has 0 saturated heterocycles. The number of hydrogen-bond donors (Lipinski definition) is 1. The fourth-order valence-corrected chi connectivity index (χ4v) is 2.63. The molecule has 1 rings (SSSR count). The van der Waals surface area contributed by atoms with Gasteiger partial charge < -0.3 is 5.32 Å². The highest BCUT2D eigenvalue weighted by Gasteiger charge is 2.27. The van der Waals surface area contributed by atoms with Crippen LogP contribution in [0.3, 0.4) is 0 Å². The van der Waals surface area contributed by atoms with Crippen LogP contribution in [0.15, 0.2) is 0 Å². The Bertz CT molecular complexity index is 156. The first-order valence-electron chi connectivity index (χ1n) is 5.92. The third kappa shape index (κ3) is 4.70. The molecule has 0 aliphatic heterocycles. The summed E-state index contributed by atoms with van der Waals surface area (Å²) in [6, 6.07) is 0.862. The molecule has 1 saturated carbocycles. The Balaban J connectivity index is 2.24. The topological polar surface area (TPSA) is 12.0 Å². The number of rotatable bonds is 8. The van der Waals surface area contributed by atoms with Gasteiger partial charge in [0, 0.05) is 12.6 Å². The zero-order chi connectivity index (χ0) is 10.4. The van der Waals surface area contributed by atoms with Crippen molar-refractivity contribution in [2.75, 3.05) is 18.6 Å². The Morgan fingerprint density at radius 1 is 1.36 bits per heavy atom. The summed E-state index contributed by atoms with van der Waals surface area (Å²) < 4.78 is 0. The molecule has 0 aromatic rings. The average Bonchev–Trinajstić information content (AvgIpc) is 2.96. The monoisotopic (exact) mass is 215 g/mol. The average molecular weight is 215 g/mol. The van der Waals surface area contributed by atoms with Gasteiger partial charge >= 0.3 is 0 Å². The minimum absolute atomic E-state index is 0.542. The van der Waals surface area contributed by atoms with Crippen molar-refractivity contribution in [3.63, 3.8) is 0 Å². The maximum absolute atomic E-state index is 3.68. The molecule has 0 bridgehead atoms. The Hall–Kier alpha value is 0.310. The molecule has 0 amide bonds. The lowest BCUT2D eigenvalue weighted by Gasteiger charge is -2.29. The van der Waals surface area contributed by atoms with Gasteiger partial charge in [-0.1, -0.05) is 20.3 Å². The summed E-state index contributed by atoms with van der Waals surface area (Å²) in [5.74, 6) is 1.31. The van der Waals surface area contributed by atoms with Crippen LogP contribution in [0.25, 0.3) is 0 Å². The van der Waals surface area contributed by atoms with Crippen LogP contribution >= 0.6 is 11.8 Å². The second kappa shape index (κ2) is 6.02. The smallest absolute Gasteiger partial charge is 0.00684 e. The number of nitrogens with one attached hydrogen (secondary N) is 1. The molecule has 0 aromatic heterocycles. The lowest BCUT2D eigenvalue weighted by molar-refractivity contribution is 0.268. The quantitative estimate of drug-likeness (QED) is 0.667. The van der Waals surface area contributed by atoms with E-state index in [0.717, 1.165) is 6.04 Å². The molecular weight excluding hydrogens is 190 g/mol. The molecule has 1 atom stereocenters. The van der Waals surface area contributed by atoms with Crippen LogP contribution < -0.4 is 5.32 Å². The Kier molecular flexibility index (Phi) is 5.32. The molecule has 2 heteroatoms. The molecule has 1 nitrogen and oxygen atoms in total. The van der Waals surface area contributed by atoms with Crippen LogP contribution in [0, 0.1) is 5.41 Å². The van der Waals surface area contributed by atoms with Crippen molar-refractivity contribution in [2.24, 2.45) is 5.41 Å². The van der Waals surface area contributed by atoms with Crippen LogP contribution in [0.4, 0.5) is 0 Å². The largest absolute Gasteiger partial charge is 0.313 e. The molecule has 1 unspecified atom stereocenters. The summed E-state index contributed by atoms with van der Waals surface area (Å²) >= 11 is 1.98. The maximum Gasteiger partial charge on any atom is 0.00684 e. The first kappa shape index (κ1) is 12.4. The van der Waals surface area contributed by atoms with Gasteiger partial charge in [-0.2, -0.15) is 11.8 Å². The highest BCUT2D eigenvalue weighted by atomic mass is 32.2. The molecule has 84 valence electrons. The van der Waals surface area contributed by atoms with Crippen molar-refractivity contribution in [1.29, 1.82) is 0 Å². The van der Waals surface area contributed by atoms with E-state index in [1.165, 1.54) is 44.4 Å². The zero-order valence-corrected chi connectivity index (χ0v) is 10.8. The van der Waals surface area contributed by atoms with Crippen molar-refractivity contribution in [2.45, 2.75) is 52.0 Å². The van der Waals surface area contributed by atoms with Crippen molar-refractivity contribution in [1.82, 2.24) is 5.32 Å². The second-order valence-corrected chi connectivity index (χ2v) is 5.94. The predicted molar refractivity (Wildman–Crippen MR) is 67.0 cm³/mol. The van der Waals surface area contributed by atoms with Gasteiger partial charge in [-0.3, -0.25) is 0 Å². The Morgan fingerprint density at radius 2 is 2.07 bits per heavy atom. The van der Waals surface area contributed by atoms with E-state index >= 15 is 0 Å². The van der Waals surface area contributed by atoms with Gasteiger partial charge in [-0.15, -0.1) is 0 Å². The van der Waals surface area contributed by atoms with Gasteiger partial charge in [-0.25, -0.2) is 0 Å². The molecule has 0 spiro atoms. The molecule has 1 N–H and O–H groups in total. The highest BCUT2D eigenvalue weighted by Crippen LogP contribution is 2.30. The predicted octanol–water partition coefficient (Wildman–Crippen LogP) is 3.30. The Labute approximate surface area is 93.4 Å². The number of thioether (sulfide) groups is 1. The van der Waals surface area contributed by atoms with Gasteiger partial charge in [0.1, 0.15) is 0 Å². The van der Waals surface area contributed by atoms with Crippen molar-refractivity contribution in [3.8, 4) is 0 Å². The minimum atomic E-state index is 0.542. The van der Waals surface area contributed by atoms with Crippen molar-refractivity contribution in [3.05, 3.63) is 0 Å². The van der Waals surface area contributed by atoms with Crippen molar-refractivity contribution < 1.29 is 0 Å². The molecule has 0 radical (unpaired) electrons. The Morgan fingerprint density at radius 3 is 2.57 bits per heavy atom. The van der Waals surface area contributed by atoms with E-state index in [4.69, 9.17) is 0 Å². The summed E-state index contributed by atoms with van der Waals surface area (Å²) in [4.78, 5) is 0.